The van der Waals surface area contributed by atoms with Gasteiger partial charge in [-0.1, -0.05) is 11.3 Å². The van der Waals surface area contributed by atoms with Gasteiger partial charge in [-0.3, -0.25) is 4.79 Å². The number of aliphatic hydroxyl groups is 1. The van der Waals surface area contributed by atoms with Crippen molar-refractivity contribution >= 4 is 11.3 Å². The van der Waals surface area contributed by atoms with Gasteiger partial charge in [-0.2, -0.15) is 23.5 Å². The Balaban J connectivity index is 0.000000653. The van der Waals surface area contributed by atoms with E-state index in [0.29, 0.717) is 24.4 Å². The molecule has 166 valence electrons. The number of aryl methyl sites for hydroxylation is 2. The lowest BCUT2D eigenvalue weighted by atomic mass is 10.3. The first-order valence-electron chi connectivity index (χ1n) is 7.38. The molecule has 0 aromatic carbocycles. The molecule has 0 amide bonds. The van der Waals surface area contributed by atoms with E-state index in [-0.39, 0.29) is 12.2 Å². The fourth-order valence-corrected chi connectivity index (χ4v) is 2.91. The zero-order chi connectivity index (χ0) is 23.0. The standard InChI is InChI=1S/C13H18N3O2S.2ClHO4/c1-9-12(4-5-17)19-8-16(9)7-11-6-15(3)10(2)14-13(11)18;2*2-1(3,4)5/h6,8,17H,4-5,7H2,1-3H3;2*(H,2,3,4,5)/q+1;;/p-1. The molecule has 0 aliphatic carbocycles. The molecule has 2 aromatic heterocycles. The van der Waals surface area contributed by atoms with Crippen molar-refractivity contribution in [3.05, 3.63) is 44.0 Å². The van der Waals surface area contributed by atoms with Gasteiger partial charge in [-0.05, 0) is 6.92 Å². The molecule has 2 heterocycles. The minimum absolute atomic E-state index is 0.148. The van der Waals surface area contributed by atoms with Crippen molar-refractivity contribution in [3.63, 3.8) is 0 Å². The number of halogens is 2. The molecule has 0 saturated carbocycles. The van der Waals surface area contributed by atoms with Crippen LogP contribution in [-0.2, 0) is 20.0 Å². The van der Waals surface area contributed by atoms with Gasteiger partial charge in [0.1, 0.15) is 11.4 Å². The molecular weight excluding hydrogens is 461 g/mol. The Morgan fingerprint density at radius 1 is 1.17 bits per heavy atom. The SMILES string of the molecule is Cc1nc(=O)c(C[n+]2csc(CCO)c2C)cn1C.[O-][Cl+3]([O-])([O-])O.[O-][Cl+3]([O-])([O-])[O-]. The van der Waals surface area contributed by atoms with Crippen molar-refractivity contribution in [1.82, 2.24) is 9.55 Å². The average molecular weight is 480 g/mol. The quantitative estimate of drug-likeness (QED) is 0.389. The van der Waals surface area contributed by atoms with Gasteiger partial charge in [-0.25, -0.2) is 18.6 Å². The summed E-state index contributed by atoms with van der Waals surface area (Å²) in [4.78, 5) is 17.0. The molecule has 0 spiro atoms. The highest BCUT2D eigenvalue weighted by molar-refractivity contribution is 7.09. The molecule has 13 nitrogen and oxygen atoms in total. The summed E-state index contributed by atoms with van der Waals surface area (Å²) in [6.07, 6.45) is 2.49. The number of thiazole rings is 1. The zero-order valence-electron chi connectivity index (χ0n) is 15.4. The number of aliphatic hydroxyl groups excluding tert-OH is 1. The molecule has 0 aliphatic heterocycles. The van der Waals surface area contributed by atoms with E-state index in [4.69, 9.17) is 42.4 Å². The molecular formula is C13H19Cl2N3O10S. The topological polar surface area (TPSA) is 241 Å². The number of hydrogen-bond acceptors (Lipinski definition) is 12. The van der Waals surface area contributed by atoms with Crippen LogP contribution in [0.2, 0.25) is 0 Å². The van der Waals surface area contributed by atoms with E-state index >= 15 is 0 Å². The van der Waals surface area contributed by atoms with Crippen molar-refractivity contribution in [1.29, 1.82) is 0 Å². The van der Waals surface area contributed by atoms with Crippen LogP contribution in [0.3, 0.4) is 0 Å². The van der Waals surface area contributed by atoms with Crippen LogP contribution in [-0.4, -0.2) is 25.9 Å². The second-order valence-corrected chi connectivity index (χ2v) is 7.82. The minimum atomic E-state index is -4.94. The fourth-order valence-electron chi connectivity index (χ4n) is 1.92. The van der Waals surface area contributed by atoms with Crippen LogP contribution < -0.4 is 42.7 Å². The van der Waals surface area contributed by atoms with Crippen LogP contribution in [0.5, 0.6) is 0 Å². The molecule has 16 heteroatoms. The summed E-state index contributed by atoms with van der Waals surface area (Å²) < 4.78 is 70.6. The maximum absolute atomic E-state index is 11.9. The largest absolute Gasteiger partial charge is 0.396 e. The Kier molecular flexibility index (Phi) is 11.3. The Labute approximate surface area is 173 Å². The summed E-state index contributed by atoms with van der Waals surface area (Å²) in [6.45, 7) is 4.49. The van der Waals surface area contributed by atoms with Gasteiger partial charge in [0.05, 0.1) is 19.8 Å². The van der Waals surface area contributed by atoms with Gasteiger partial charge in [0.2, 0.25) is 5.51 Å². The summed E-state index contributed by atoms with van der Waals surface area (Å²) in [5.74, 6) is 0.710. The molecule has 0 saturated heterocycles. The van der Waals surface area contributed by atoms with E-state index in [2.05, 4.69) is 4.98 Å². The molecule has 0 aliphatic rings. The number of nitrogens with zero attached hydrogens (tertiary/aromatic N) is 3. The van der Waals surface area contributed by atoms with E-state index in [1.807, 2.05) is 41.7 Å². The third-order valence-electron chi connectivity index (χ3n) is 3.23. The van der Waals surface area contributed by atoms with Crippen LogP contribution in [0.4, 0.5) is 0 Å². The van der Waals surface area contributed by atoms with E-state index < -0.39 is 20.5 Å². The highest BCUT2D eigenvalue weighted by atomic mass is 35.7. The third kappa shape index (κ3) is 13.6. The molecule has 0 atom stereocenters. The van der Waals surface area contributed by atoms with Crippen molar-refractivity contribution in [2.75, 3.05) is 6.61 Å². The van der Waals surface area contributed by atoms with Gasteiger partial charge < -0.3 is 9.67 Å². The summed E-state index contributed by atoms with van der Waals surface area (Å²) >= 11 is 1.61. The monoisotopic (exact) mass is 479 g/mol. The van der Waals surface area contributed by atoms with Crippen molar-refractivity contribution in [3.8, 4) is 0 Å². The Morgan fingerprint density at radius 3 is 2.10 bits per heavy atom. The zero-order valence-corrected chi connectivity index (χ0v) is 17.8. The summed E-state index contributed by atoms with van der Waals surface area (Å²) in [5, 5.41) is 8.99. The van der Waals surface area contributed by atoms with E-state index in [9.17, 15) is 4.79 Å². The predicted molar refractivity (Wildman–Crippen MR) is 75.6 cm³/mol. The Morgan fingerprint density at radius 2 is 1.66 bits per heavy atom. The van der Waals surface area contributed by atoms with Crippen LogP contribution >= 0.6 is 11.3 Å². The highest BCUT2D eigenvalue weighted by Crippen LogP contribution is 2.11. The molecule has 0 fully saturated rings. The van der Waals surface area contributed by atoms with Crippen LogP contribution in [0.1, 0.15) is 22.0 Å². The number of hydrogen-bond donors (Lipinski definition) is 2. The molecule has 0 radical (unpaired) electrons. The first-order chi connectivity index (χ1) is 13.0. The first-order valence-corrected chi connectivity index (χ1v) is 10.8. The van der Waals surface area contributed by atoms with Gasteiger partial charge >= 0.3 is 0 Å². The van der Waals surface area contributed by atoms with Crippen LogP contribution in [0.15, 0.2) is 16.5 Å². The van der Waals surface area contributed by atoms with Crippen molar-refractivity contribution < 1.29 is 67.4 Å². The molecule has 2 aromatic rings. The highest BCUT2D eigenvalue weighted by Gasteiger charge is 2.17. The maximum atomic E-state index is 11.9. The molecule has 0 unspecified atom stereocenters. The van der Waals surface area contributed by atoms with E-state index in [1.165, 1.54) is 0 Å². The Hall–Kier alpha value is -1.27. The van der Waals surface area contributed by atoms with Crippen LogP contribution in [0.25, 0.3) is 0 Å². The normalized spacial score (nSPS) is 11.3. The first kappa shape index (κ1) is 27.7. The maximum Gasteiger partial charge on any atom is 0.282 e. The average Bonchev–Trinajstić information content (AvgIpc) is 2.83. The van der Waals surface area contributed by atoms with Gasteiger partial charge in [0.15, 0.2) is 12.2 Å². The lowest BCUT2D eigenvalue weighted by Crippen LogP contribution is -2.68. The third-order valence-corrected chi connectivity index (χ3v) is 4.38. The summed E-state index contributed by atoms with van der Waals surface area (Å²) in [6, 6.07) is 0. The van der Waals surface area contributed by atoms with Crippen molar-refractivity contribution in [2.24, 2.45) is 7.05 Å². The Bertz CT molecular complexity index is 808. The lowest BCUT2D eigenvalue weighted by Gasteiger charge is -2.17. The number of aromatic nitrogens is 3. The lowest BCUT2D eigenvalue weighted by molar-refractivity contribution is -2.00. The van der Waals surface area contributed by atoms with Gasteiger partial charge in [0, 0.05) is 33.2 Å². The second kappa shape index (κ2) is 11.8. The van der Waals surface area contributed by atoms with Crippen molar-refractivity contribution in [2.45, 2.75) is 26.8 Å². The van der Waals surface area contributed by atoms with Gasteiger partial charge in [-0.15, -0.1) is 10.2 Å². The molecule has 2 rings (SSSR count). The summed E-state index contributed by atoms with van der Waals surface area (Å²) in [5.41, 5.74) is 3.59. The van der Waals surface area contributed by atoms with Crippen LogP contribution in [0, 0.1) is 34.3 Å². The van der Waals surface area contributed by atoms with E-state index in [1.54, 1.807) is 11.3 Å². The van der Waals surface area contributed by atoms with E-state index in [0.717, 1.165) is 10.6 Å². The smallest absolute Gasteiger partial charge is 0.282 e. The van der Waals surface area contributed by atoms with Gasteiger partial charge in [0.25, 0.3) is 5.56 Å². The molecule has 29 heavy (non-hydrogen) atoms. The molecule has 0 bridgehead atoms. The summed E-state index contributed by atoms with van der Waals surface area (Å²) in [7, 11) is -7.76. The molecule has 2 N–H and O–H groups in total. The predicted octanol–water partition coefficient (Wildman–Crippen LogP) is -8.55. The second-order valence-electron chi connectivity index (χ2n) is 5.34. The fraction of sp³-hybridized carbons (Fsp3) is 0.462. The minimum Gasteiger partial charge on any atom is -0.396 e. The number of rotatable bonds is 4.